The summed E-state index contributed by atoms with van der Waals surface area (Å²) in [5, 5.41) is 49.7. The van der Waals surface area contributed by atoms with E-state index in [1.807, 2.05) is 0 Å². The molecule has 0 saturated heterocycles. The van der Waals surface area contributed by atoms with Crippen LogP contribution in [-0.4, -0.2) is 137 Å². The predicted molar refractivity (Wildman–Crippen MR) is 253 cm³/mol. The molecule has 0 heterocycles. The number of benzene rings is 3. The third-order valence-electron chi connectivity index (χ3n) is 11.2. The van der Waals surface area contributed by atoms with E-state index >= 15 is 0 Å². The van der Waals surface area contributed by atoms with Crippen LogP contribution in [0.5, 0.6) is 17.2 Å². The van der Waals surface area contributed by atoms with Gasteiger partial charge in [-0.25, -0.2) is 69.3 Å². The van der Waals surface area contributed by atoms with E-state index in [0.717, 1.165) is 46.7 Å². The van der Waals surface area contributed by atoms with Crippen LogP contribution in [0.4, 0.5) is 14.4 Å². The quantitative estimate of drug-likeness (QED) is 0.0119. The van der Waals surface area contributed by atoms with E-state index in [1.54, 1.807) is 18.2 Å². The Morgan fingerprint density at radius 2 is 0.885 bits per heavy atom. The highest BCUT2D eigenvalue weighted by Crippen LogP contribution is 2.44. The van der Waals surface area contributed by atoms with Crippen molar-refractivity contribution in [2.75, 3.05) is 54.9 Å². The molecule has 0 amide bonds. The highest BCUT2D eigenvalue weighted by molar-refractivity contribution is 5.90. The molecule has 29 heteroatoms. The molecule has 0 bridgehead atoms. The molecule has 0 unspecified atom stereocenters. The molecule has 1 fully saturated rings. The van der Waals surface area contributed by atoms with Crippen LogP contribution in [0, 0.1) is 5.41 Å². The maximum Gasteiger partial charge on any atom is 0.513 e. The zero-order valence-corrected chi connectivity index (χ0v) is 42.0. The number of carbonyl (C=O) groups is 7. The van der Waals surface area contributed by atoms with Crippen LogP contribution in [0.2, 0.25) is 0 Å². The number of methoxy groups -OCH3 is 4. The molecule has 3 aromatic carbocycles. The largest absolute Gasteiger partial charge is 0.513 e. The van der Waals surface area contributed by atoms with Crippen molar-refractivity contribution in [3.8, 4) is 17.2 Å². The highest BCUT2D eigenvalue weighted by Gasteiger charge is 2.55. The summed E-state index contributed by atoms with van der Waals surface area (Å²) < 4.78 is 51.8. The average Bonchev–Trinajstić information content (AvgIpc) is 3.47. The van der Waals surface area contributed by atoms with Crippen LogP contribution in [0.25, 0.3) is 18.2 Å². The van der Waals surface area contributed by atoms with E-state index in [-0.39, 0.29) is 68.3 Å². The van der Waals surface area contributed by atoms with Gasteiger partial charge < -0.3 is 47.4 Å². The first-order valence-electron chi connectivity index (χ1n) is 22.8. The van der Waals surface area contributed by atoms with Gasteiger partial charge in [-0.15, -0.1) is 0 Å². The van der Waals surface area contributed by atoms with Crippen molar-refractivity contribution in [1.29, 1.82) is 0 Å². The minimum Gasteiger partial charge on any atom is -0.469 e. The topological polar surface area (TPSA) is 367 Å². The molecule has 0 radical (unpaired) electrons. The number of hydrogen-bond acceptors (Lipinski definition) is 29. The highest BCUT2D eigenvalue weighted by atomic mass is 17.5. The molecule has 0 aliphatic heterocycles. The van der Waals surface area contributed by atoms with E-state index in [1.165, 1.54) is 54.6 Å². The minimum atomic E-state index is -1.78. The van der Waals surface area contributed by atoms with Crippen molar-refractivity contribution in [3.05, 3.63) is 106 Å². The van der Waals surface area contributed by atoms with Gasteiger partial charge in [0.1, 0.15) is 18.0 Å². The molecule has 4 N–H and O–H groups in total. The fraction of sp³-hybridized carbons (Fsp3) is 0.367. The lowest BCUT2D eigenvalue weighted by atomic mass is 9.68. The zero-order chi connectivity index (χ0) is 56.9. The second kappa shape index (κ2) is 33.3. The van der Waals surface area contributed by atoms with Gasteiger partial charge >= 0.3 is 42.3 Å². The fourth-order valence-electron chi connectivity index (χ4n) is 7.68. The molecule has 424 valence electrons. The lowest BCUT2D eigenvalue weighted by Crippen LogP contribution is -2.56. The van der Waals surface area contributed by atoms with E-state index in [9.17, 15) is 33.6 Å². The first-order chi connectivity index (χ1) is 37.6. The van der Waals surface area contributed by atoms with Gasteiger partial charge in [-0.1, -0.05) is 50.5 Å². The molecule has 1 aliphatic carbocycles. The Balaban J connectivity index is 1.78. The van der Waals surface area contributed by atoms with Gasteiger partial charge in [-0.2, -0.15) is 0 Å². The zero-order valence-electron chi connectivity index (χ0n) is 42.0. The Bertz CT molecular complexity index is 2580. The number of hydrogen-bond donors (Lipinski definition) is 4. The molecule has 78 heavy (non-hydrogen) atoms. The maximum atomic E-state index is 13.9. The Kier molecular flexibility index (Phi) is 26.7. The molecule has 29 nitrogen and oxygen atoms in total. The second-order valence-electron chi connectivity index (χ2n) is 15.9. The molecule has 1 aliphatic rings. The first kappa shape index (κ1) is 62.6. The van der Waals surface area contributed by atoms with Crippen molar-refractivity contribution in [1.82, 2.24) is 0 Å². The maximum absolute atomic E-state index is 13.9. The van der Waals surface area contributed by atoms with Crippen molar-refractivity contribution in [2.24, 2.45) is 5.41 Å². The van der Waals surface area contributed by atoms with Crippen LogP contribution < -0.4 is 14.2 Å². The summed E-state index contributed by atoms with van der Waals surface area (Å²) in [7, 11) is 4.22. The van der Waals surface area contributed by atoms with Gasteiger partial charge in [0.05, 0.1) is 60.3 Å². The molecule has 4 rings (SSSR count). The number of esters is 4. The molecule has 4 atom stereocenters. The first-order valence-corrected chi connectivity index (χ1v) is 22.8. The van der Waals surface area contributed by atoms with Gasteiger partial charge in [0.15, 0.2) is 17.6 Å². The van der Waals surface area contributed by atoms with Gasteiger partial charge in [0.25, 0.3) is 0 Å². The van der Waals surface area contributed by atoms with Crippen LogP contribution >= 0.6 is 0 Å². The summed E-state index contributed by atoms with van der Waals surface area (Å²) in [5.41, 5.74) is 0.806. The molecule has 1 saturated carbocycles. The average molecular weight is 1110 g/mol. The lowest BCUT2D eigenvalue weighted by molar-refractivity contribution is -0.491. The third kappa shape index (κ3) is 20.2. The van der Waals surface area contributed by atoms with E-state index < -0.39 is 85.5 Å². The van der Waals surface area contributed by atoms with Crippen LogP contribution in [0.3, 0.4) is 0 Å². The van der Waals surface area contributed by atoms with Gasteiger partial charge in [0, 0.05) is 37.5 Å². The van der Waals surface area contributed by atoms with E-state index in [4.69, 9.17) is 54.2 Å². The summed E-state index contributed by atoms with van der Waals surface area (Å²) in [6, 6.07) is 13.0. The van der Waals surface area contributed by atoms with Crippen LogP contribution in [-0.2, 0) is 111 Å². The van der Waals surface area contributed by atoms with Gasteiger partial charge in [-0.05, 0) is 95.1 Å². The Labute approximate surface area is 442 Å². The smallest absolute Gasteiger partial charge is 0.469 e. The fourth-order valence-corrected chi connectivity index (χ4v) is 7.68. The molecule has 0 spiro atoms. The third-order valence-corrected chi connectivity index (χ3v) is 11.2. The lowest BCUT2D eigenvalue weighted by Gasteiger charge is -2.44. The van der Waals surface area contributed by atoms with E-state index in [0.29, 0.717) is 27.8 Å². The Morgan fingerprint density at radius 3 is 1.38 bits per heavy atom. The van der Waals surface area contributed by atoms with Crippen molar-refractivity contribution in [2.45, 2.75) is 56.8 Å². The van der Waals surface area contributed by atoms with Gasteiger partial charge in [0.2, 0.25) is 0 Å². The normalized spacial score (nSPS) is 17.1. The Morgan fingerprint density at radius 1 is 0.474 bits per heavy atom. The van der Waals surface area contributed by atoms with Crippen molar-refractivity contribution < 1.29 is 142 Å². The van der Waals surface area contributed by atoms with Gasteiger partial charge in [-0.3, -0.25) is 4.79 Å². The summed E-state index contributed by atoms with van der Waals surface area (Å²) >= 11 is 0. The second-order valence-corrected chi connectivity index (χ2v) is 15.9. The minimum absolute atomic E-state index is 0.0111. The summed E-state index contributed by atoms with van der Waals surface area (Å²) in [4.78, 5) is 110. The van der Waals surface area contributed by atoms with E-state index in [2.05, 4.69) is 53.9 Å². The Hall–Kier alpha value is -7.91. The summed E-state index contributed by atoms with van der Waals surface area (Å²) in [6.45, 7) is -0.853. The van der Waals surface area contributed by atoms with Crippen molar-refractivity contribution in [3.63, 3.8) is 0 Å². The predicted octanol–water partition coefficient (Wildman–Crippen LogP) is 5.95. The monoisotopic (exact) mass is 1110 g/mol. The molecular weight excluding hydrogens is 1050 g/mol. The molecular formula is C49H54O29. The summed E-state index contributed by atoms with van der Waals surface area (Å²) in [5.74, 6) is -4.80. The van der Waals surface area contributed by atoms with Crippen molar-refractivity contribution >= 4 is 60.6 Å². The van der Waals surface area contributed by atoms with Crippen LogP contribution in [0.15, 0.2) is 72.8 Å². The number of carbonyl (C=O) groups excluding carboxylic acids is 7. The SMILES string of the molecule is COC(=O)Oc1ccc(/C=C/C(=O)O[C@@H]2[C@H](OC(=O)/C=C/c3ccc(CCOOO)c(CCOOO)c3)C[C@@](CCOOO)(C(=O)OC)C[C@H]2OC(=O)/C=C/c2ccc(OC(=O)OC)c(OC(=O)OC)c2)cc1CCOOO. The number of rotatable bonds is 29. The number of ether oxygens (including phenoxy) is 10. The molecule has 3 aromatic rings. The summed E-state index contributed by atoms with van der Waals surface area (Å²) in [6.07, 6.45) is -2.54. The standard InChI is InChI=1S/C49H54O29/c1-61-45(53)49(20-24-68-78-60)28-39(69-41(50)14-8-30-5-11-33(17-21-65-75-57)34(25-30)18-22-66-76-58)44(74-43(52)16-9-31-6-12-36(71-46(54)62-2)35(26-31)19-23-67-77-59)40(29-49)70-42(51)15-10-32-7-13-37(72-47(55)63-3)38(27-32)73-48(56)64-4/h5-16,25-27,39-40,44,57-60H,17-24,28-29H2,1-4H3/b14-8+,15-10+,16-9+/t39-,40-,44-,49-/m1/s1. The molecule has 0 aromatic heterocycles. The van der Waals surface area contributed by atoms with Crippen LogP contribution in [0.1, 0.15) is 52.6 Å².